The largest absolute Gasteiger partial charge is 0.493 e. The summed E-state index contributed by atoms with van der Waals surface area (Å²) in [5.74, 6) is 1.53. The van der Waals surface area contributed by atoms with E-state index in [0.717, 1.165) is 14.7 Å². The molecule has 1 unspecified atom stereocenters. The van der Waals surface area contributed by atoms with Crippen molar-refractivity contribution in [3.63, 3.8) is 0 Å². The Kier molecular flexibility index (Phi) is 10.2. The van der Waals surface area contributed by atoms with Crippen molar-refractivity contribution in [3.8, 4) is 23.0 Å². The van der Waals surface area contributed by atoms with Gasteiger partial charge in [-0.2, -0.15) is 0 Å². The maximum Gasteiger partial charge on any atom is 0.338 e. The van der Waals surface area contributed by atoms with E-state index < -0.39 is 12.0 Å². The van der Waals surface area contributed by atoms with E-state index in [4.69, 9.17) is 35.3 Å². The molecule has 0 spiro atoms. The Hall–Kier alpha value is -3.81. The van der Waals surface area contributed by atoms with Crippen molar-refractivity contribution in [2.24, 2.45) is 4.99 Å². The molecule has 5 rings (SSSR count). The monoisotopic (exact) mass is 760 g/mol. The molecule has 0 N–H and O–H groups in total. The molecule has 1 aliphatic rings. The number of carbonyl (C=O) groups is 1. The first-order chi connectivity index (χ1) is 21.7. The number of methoxy groups -OCH3 is 3. The summed E-state index contributed by atoms with van der Waals surface area (Å²) in [4.78, 5) is 32.4. The summed E-state index contributed by atoms with van der Waals surface area (Å²) in [7, 11) is 4.64. The highest BCUT2D eigenvalue weighted by Crippen LogP contribution is 2.37. The van der Waals surface area contributed by atoms with Gasteiger partial charge in [-0.05, 0) is 84.0 Å². The number of benzene rings is 3. The minimum atomic E-state index is -0.794. The Labute approximate surface area is 282 Å². The first kappa shape index (κ1) is 32.6. The van der Waals surface area contributed by atoms with Crippen molar-refractivity contribution < 1.29 is 28.5 Å². The van der Waals surface area contributed by atoms with Crippen LogP contribution in [0.1, 0.15) is 36.6 Å². The summed E-state index contributed by atoms with van der Waals surface area (Å²) in [6.07, 6.45) is 1.78. The maximum atomic E-state index is 14.1. The highest BCUT2D eigenvalue weighted by molar-refractivity contribution is 14.1. The Balaban J connectivity index is 1.60. The third kappa shape index (κ3) is 6.61. The number of thiazole rings is 1. The lowest BCUT2D eigenvalue weighted by Gasteiger charge is -2.25. The SMILES string of the molecule is CCOC(=O)C1=C(C)N=c2s/c(=C\c3cc(I)c(OCc4ccccc4Cl)c(OC)c3)c(=O)n2C1c1ccc(OC)c(OC)c1. The summed E-state index contributed by atoms with van der Waals surface area (Å²) in [5, 5.41) is 0.617. The molecule has 45 heavy (non-hydrogen) atoms. The minimum absolute atomic E-state index is 0.178. The molecule has 12 heteroatoms. The highest BCUT2D eigenvalue weighted by atomic mass is 127. The average Bonchev–Trinajstić information content (AvgIpc) is 3.33. The van der Waals surface area contributed by atoms with Crippen molar-refractivity contribution in [1.29, 1.82) is 0 Å². The Morgan fingerprint density at radius 3 is 2.47 bits per heavy atom. The molecule has 0 saturated heterocycles. The first-order valence-corrected chi connectivity index (χ1v) is 16.1. The lowest BCUT2D eigenvalue weighted by Crippen LogP contribution is -2.40. The molecule has 3 aromatic carbocycles. The second kappa shape index (κ2) is 14.1. The van der Waals surface area contributed by atoms with Gasteiger partial charge >= 0.3 is 5.97 Å². The predicted octanol–water partition coefficient (Wildman–Crippen LogP) is 5.66. The molecule has 2 heterocycles. The molecule has 1 aromatic heterocycles. The number of rotatable bonds is 10. The molecule has 1 atom stereocenters. The minimum Gasteiger partial charge on any atom is -0.493 e. The van der Waals surface area contributed by atoms with Gasteiger partial charge in [0.05, 0.1) is 53.4 Å². The lowest BCUT2D eigenvalue weighted by molar-refractivity contribution is -0.139. The maximum absolute atomic E-state index is 14.1. The zero-order chi connectivity index (χ0) is 32.2. The van der Waals surface area contributed by atoms with Crippen LogP contribution in [0.5, 0.6) is 23.0 Å². The van der Waals surface area contributed by atoms with Gasteiger partial charge in [-0.1, -0.05) is 47.2 Å². The van der Waals surface area contributed by atoms with Crippen LogP contribution in [0.15, 0.2) is 75.7 Å². The summed E-state index contributed by atoms with van der Waals surface area (Å²) in [5.41, 5.74) is 2.67. The van der Waals surface area contributed by atoms with Crippen LogP contribution in [-0.2, 0) is 16.1 Å². The molecule has 0 saturated carbocycles. The van der Waals surface area contributed by atoms with Gasteiger partial charge in [0.25, 0.3) is 5.56 Å². The fourth-order valence-corrected chi connectivity index (χ4v) is 7.03. The van der Waals surface area contributed by atoms with E-state index in [0.29, 0.717) is 48.6 Å². The zero-order valence-corrected chi connectivity index (χ0v) is 28.9. The second-order valence-corrected chi connectivity index (χ2v) is 12.4. The molecule has 9 nitrogen and oxygen atoms in total. The van der Waals surface area contributed by atoms with E-state index in [1.54, 1.807) is 52.3 Å². The van der Waals surface area contributed by atoms with Crippen molar-refractivity contribution in [1.82, 2.24) is 4.57 Å². The normalized spacial score (nSPS) is 14.5. The standard InChI is InChI=1S/C33H30ClIN2O7S/c1-6-43-32(39)28-18(2)36-33-37(29(28)20-11-12-24(40-3)25(16-20)41-4)31(38)27(45-33)15-19-13-23(35)30(26(14-19)42-5)44-17-21-9-7-8-10-22(21)34/h7-16,29H,6,17H2,1-5H3/b27-15-. The number of fused-ring (bicyclic) bond motifs is 1. The van der Waals surface area contributed by atoms with Crippen LogP contribution in [0.2, 0.25) is 5.02 Å². The zero-order valence-electron chi connectivity index (χ0n) is 25.2. The van der Waals surface area contributed by atoms with E-state index in [-0.39, 0.29) is 24.3 Å². The van der Waals surface area contributed by atoms with E-state index in [1.807, 2.05) is 36.4 Å². The number of halogens is 2. The molecule has 4 aromatic rings. The summed E-state index contributed by atoms with van der Waals surface area (Å²) < 4.78 is 30.9. The van der Waals surface area contributed by atoms with Crippen molar-refractivity contribution in [2.75, 3.05) is 27.9 Å². The second-order valence-electron chi connectivity index (χ2n) is 9.83. The van der Waals surface area contributed by atoms with Gasteiger partial charge in [-0.25, -0.2) is 9.79 Å². The molecule has 0 bridgehead atoms. The third-order valence-corrected chi connectivity index (χ3v) is 9.27. The number of hydrogen-bond acceptors (Lipinski definition) is 9. The third-order valence-electron chi connectivity index (χ3n) is 7.12. The molecule has 1 aliphatic heterocycles. The fourth-order valence-electron chi connectivity index (χ4n) is 5.01. The lowest BCUT2D eigenvalue weighted by atomic mass is 9.95. The molecule has 0 fully saturated rings. The van der Waals surface area contributed by atoms with Gasteiger partial charge < -0.3 is 23.7 Å². The summed E-state index contributed by atoms with van der Waals surface area (Å²) in [6, 6.07) is 15.7. The Morgan fingerprint density at radius 2 is 1.78 bits per heavy atom. The quantitative estimate of drug-likeness (QED) is 0.152. The van der Waals surface area contributed by atoms with Gasteiger partial charge in [-0.3, -0.25) is 9.36 Å². The van der Waals surface area contributed by atoms with Gasteiger partial charge in [0.2, 0.25) is 0 Å². The number of aromatic nitrogens is 1. The van der Waals surface area contributed by atoms with E-state index in [1.165, 1.54) is 23.0 Å². The molecule has 0 aliphatic carbocycles. The summed E-state index contributed by atoms with van der Waals surface area (Å²) in [6.45, 7) is 3.92. The van der Waals surface area contributed by atoms with Crippen LogP contribution in [0.4, 0.5) is 0 Å². The van der Waals surface area contributed by atoms with Gasteiger partial charge in [0.1, 0.15) is 6.61 Å². The number of allylic oxidation sites excluding steroid dienone is 1. The van der Waals surface area contributed by atoms with Crippen LogP contribution in [0, 0.1) is 3.57 Å². The Bertz CT molecular complexity index is 1990. The van der Waals surface area contributed by atoms with Crippen molar-refractivity contribution in [2.45, 2.75) is 26.5 Å². The smallest absolute Gasteiger partial charge is 0.338 e. The van der Waals surface area contributed by atoms with Gasteiger partial charge in [0, 0.05) is 10.6 Å². The van der Waals surface area contributed by atoms with E-state index >= 15 is 0 Å². The van der Waals surface area contributed by atoms with Crippen molar-refractivity contribution in [3.05, 3.63) is 111 Å². The van der Waals surface area contributed by atoms with Crippen molar-refractivity contribution >= 4 is 57.6 Å². The number of nitrogens with zero attached hydrogens (tertiary/aromatic N) is 2. The van der Waals surface area contributed by atoms with Gasteiger partial charge in [-0.15, -0.1) is 0 Å². The van der Waals surface area contributed by atoms with Crippen LogP contribution in [-0.4, -0.2) is 38.5 Å². The molecule has 0 radical (unpaired) electrons. The number of carbonyl (C=O) groups excluding carboxylic acids is 1. The van der Waals surface area contributed by atoms with Crippen LogP contribution < -0.4 is 33.8 Å². The van der Waals surface area contributed by atoms with Crippen LogP contribution in [0.3, 0.4) is 0 Å². The van der Waals surface area contributed by atoms with E-state index in [2.05, 4.69) is 27.6 Å². The number of hydrogen-bond donors (Lipinski definition) is 0. The van der Waals surface area contributed by atoms with Gasteiger partial charge in [0.15, 0.2) is 27.8 Å². The average molecular weight is 761 g/mol. The van der Waals surface area contributed by atoms with E-state index in [9.17, 15) is 9.59 Å². The Morgan fingerprint density at radius 1 is 1.04 bits per heavy atom. The molecule has 0 amide bonds. The number of ether oxygens (including phenoxy) is 5. The molecule has 234 valence electrons. The molecular weight excluding hydrogens is 731 g/mol. The molecular formula is C33H30ClIN2O7S. The van der Waals surface area contributed by atoms with Crippen LogP contribution >= 0.6 is 45.5 Å². The first-order valence-electron chi connectivity index (χ1n) is 13.9. The number of esters is 1. The summed E-state index contributed by atoms with van der Waals surface area (Å²) >= 11 is 9.72. The highest BCUT2D eigenvalue weighted by Gasteiger charge is 2.34. The topological polar surface area (TPSA) is 97.6 Å². The fraction of sp³-hybridized carbons (Fsp3) is 0.242. The predicted molar refractivity (Wildman–Crippen MR) is 181 cm³/mol. The van der Waals surface area contributed by atoms with Crippen LogP contribution in [0.25, 0.3) is 6.08 Å².